The van der Waals surface area contributed by atoms with Crippen LogP contribution < -0.4 is 5.32 Å². The normalized spacial score (nSPS) is 14.7. The maximum absolute atomic E-state index is 9.06. The fourth-order valence-electron chi connectivity index (χ4n) is 2.65. The molecule has 2 heterocycles. The first-order valence-electron chi connectivity index (χ1n) is 7.11. The molecule has 4 nitrogen and oxygen atoms in total. The number of aliphatic hydroxyl groups excluding tert-OH is 1. The van der Waals surface area contributed by atoms with Gasteiger partial charge in [-0.2, -0.15) is 0 Å². The van der Waals surface area contributed by atoms with Gasteiger partial charge in [0.25, 0.3) is 0 Å². The number of nitrogens with zero attached hydrogens (tertiary/aromatic N) is 1. The Bertz CT molecular complexity index is 624. The lowest BCUT2D eigenvalue weighted by molar-refractivity contribution is 0.184. The zero-order valence-corrected chi connectivity index (χ0v) is 12.6. The van der Waals surface area contributed by atoms with E-state index in [0.29, 0.717) is 5.84 Å². The van der Waals surface area contributed by atoms with Crippen molar-refractivity contribution >= 4 is 22.9 Å². The summed E-state index contributed by atoms with van der Waals surface area (Å²) in [5, 5.41) is 22.3. The highest BCUT2D eigenvalue weighted by molar-refractivity contribution is 7.12. The van der Waals surface area contributed by atoms with Gasteiger partial charge in [0, 0.05) is 25.3 Å². The molecule has 5 heteroatoms. The van der Waals surface area contributed by atoms with Crippen LogP contribution in [0.1, 0.15) is 16.0 Å². The number of aliphatic hydroxyl groups is 1. The molecule has 0 saturated heterocycles. The molecule has 0 atom stereocenters. The molecule has 0 unspecified atom stereocenters. The van der Waals surface area contributed by atoms with Crippen LogP contribution in [-0.4, -0.2) is 35.5 Å². The van der Waals surface area contributed by atoms with Crippen LogP contribution in [0, 0.1) is 5.41 Å². The van der Waals surface area contributed by atoms with E-state index < -0.39 is 0 Å². The van der Waals surface area contributed by atoms with Crippen molar-refractivity contribution in [2.24, 2.45) is 0 Å². The van der Waals surface area contributed by atoms with Crippen LogP contribution in [0.15, 0.2) is 35.7 Å². The zero-order chi connectivity index (χ0) is 14.7. The van der Waals surface area contributed by atoms with Crippen LogP contribution in [0.3, 0.4) is 0 Å². The van der Waals surface area contributed by atoms with E-state index in [1.807, 2.05) is 23.6 Å². The molecule has 3 N–H and O–H groups in total. The molecule has 3 rings (SSSR count). The van der Waals surface area contributed by atoms with Crippen LogP contribution in [0.2, 0.25) is 0 Å². The minimum atomic E-state index is 0.205. The molecule has 2 aromatic rings. The highest BCUT2D eigenvalue weighted by atomic mass is 32.1. The van der Waals surface area contributed by atoms with Gasteiger partial charge in [-0.05, 0) is 41.1 Å². The van der Waals surface area contributed by atoms with E-state index >= 15 is 0 Å². The van der Waals surface area contributed by atoms with Crippen LogP contribution in [-0.2, 0) is 13.0 Å². The van der Waals surface area contributed by atoms with Gasteiger partial charge in [-0.1, -0.05) is 12.1 Å². The highest BCUT2D eigenvalue weighted by Crippen LogP contribution is 2.23. The largest absolute Gasteiger partial charge is 0.395 e. The fourth-order valence-corrected chi connectivity index (χ4v) is 3.28. The maximum Gasteiger partial charge on any atom is 0.140 e. The summed E-state index contributed by atoms with van der Waals surface area (Å²) in [7, 11) is 0. The molecular formula is C16H19N3OS. The van der Waals surface area contributed by atoms with Crippen LogP contribution >= 0.6 is 11.3 Å². The van der Waals surface area contributed by atoms with Crippen molar-refractivity contribution in [3.05, 3.63) is 51.7 Å². The molecule has 21 heavy (non-hydrogen) atoms. The molecule has 1 aliphatic heterocycles. The topological polar surface area (TPSA) is 59.4 Å². The number of amidine groups is 1. The van der Waals surface area contributed by atoms with Crippen molar-refractivity contribution in [2.45, 2.75) is 13.0 Å². The van der Waals surface area contributed by atoms with Gasteiger partial charge >= 0.3 is 0 Å². The average molecular weight is 301 g/mol. The molecule has 1 aliphatic rings. The number of hydrogen-bond donors (Lipinski definition) is 3. The van der Waals surface area contributed by atoms with Crippen molar-refractivity contribution in [2.75, 3.05) is 25.0 Å². The Balaban J connectivity index is 1.73. The molecular weight excluding hydrogens is 282 g/mol. The number of benzene rings is 1. The van der Waals surface area contributed by atoms with Crippen molar-refractivity contribution in [3.8, 4) is 0 Å². The zero-order valence-electron chi connectivity index (χ0n) is 11.8. The summed E-state index contributed by atoms with van der Waals surface area (Å²) >= 11 is 1.56. The first-order valence-corrected chi connectivity index (χ1v) is 7.98. The van der Waals surface area contributed by atoms with Gasteiger partial charge < -0.3 is 10.4 Å². The molecule has 0 aliphatic carbocycles. The number of β-amino-alcohol motifs (C(OH)–C–C–N with tert-alkyl or cyclic N) is 1. The van der Waals surface area contributed by atoms with Gasteiger partial charge in [-0.25, -0.2) is 0 Å². The second kappa shape index (κ2) is 6.39. The summed E-state index contributed by atoms with van der Waals surface area (Å²) in [5.74, 6) is 0.438. The number of fused-ring (bicyclic) bond motifs is 1. The third-order valence-electron chi connectivity index (χ3n) is 3.75. The molecule has 0 bridgehead atoms. The molecule has 110 valence electrons. The quantitative estimate of drug-likeness (QED) is 0.601. The average Bonchev–Trinajstić information content (AvgIpc) is 3.01. The molecule has 1 aromatic heterocycles. The van der Waals surface area contributed by atoms with E-state index in [9.17, 15) is 0 Å². The first-order chi connectivity index (χ1) is 10.3. The van der Waals surface area contributed by atoms with Crippen molar-refractivity contribution in [3.63, 3.8) is 0 Å². The Morgan fingerprint density at radius 2 is 2.24 bits per heavy atom. The molecule has 1 aromatic carbocycles. The summed E-state index contributed by atoms with van der Waals surface area (Å²) in [6.07, 6.45) is 1.03. The lowest BCUT2D eigenvalue weighted by atomic mass is 9.99. The van der Waals surface area contributed by atoms with E-state index in [1.165, 1.54) is 11.1 Å². The van der Waals surface area contributed by atoms with Crippen molar-refractivity contribution in [1.82, 2.24) is 4.90 Å². The maximum atomic E-state index is 9.06. The summed E-state index contributed by atoms with van der Waals surface area (Å²) < 4.78 is 0. The monoisotopic (exact) mass is 301 g/mol. The van der Waals surface area contributed by atoms with Gasteiger partial charge in [0.2, 0.25) is 0 Å². The van der Waals surface area contributed by atoms with E-state index in [1.54, 1.807) is 11.3 Å². The number of nitrogens with one attached hydrogen (secondary N) is 2. The van der Waals surface area contributed by atoms with Crippen molar-refractivity contribution in [1.29, 1.82) is 5.41 Å². The third kappa shape index (κ3) is 3.32. The Hall–Kier alpha value is -1.69. The van der Waals surface area contributed by atoms with Gasteiger partial charge in [-0.3, -0.25) is 10.3 Å². The lowest BCUT2D eigenvalue weighted by Crippen LogP contribution is -2.32. The molecule has 0 fully saturated rings. The van der Waals surface area contributed by atoms with Gasteiger partial charge in [0.1, 0.15) is 5.84 Å². The van der Waals surface area contributed by atoms with Gasteiger partial charge in [-0.15, -0.1) is 11.3 Å². The Kier molecular flexibility index (Phi) is 4.34. The predicted molar refractivity (Wildman–Crippen MR) is 87.3 cm³/mol. The minimum Gasteiger partial charge on any atom is -0.395 e. The molecule has 0 saturated carbocycles. The highest BCUT2D eigenvalue weighted by Gasteiger charge is 2.16. The second-order valence-corrected chi connectivity index (χ2v) is 6.16. The summed E-state index contributed by atoms with van der Waals surface area (Å²) in [4.78, 5) is 3.20. The SMILES string of the molecule is N=C(Nc1ccc2c(c1)CN(CCO)CC2)c1cccs1. The van der Waals surface area contributed by atoms with Crippen molar-refractivity contribution < 1.29 is 5.11 Å². The Labute approximate surface area is 128 Å². The van der Waals surface area contributed by atoms with Gasteiger partial charge in [0.15, 0.2) is 0 Å². The van der Waals surface area contributed by atoms with Crippen LogP contribution in [0.4, 0.5) is 5.69 Å². The predicted octanol–water partition coefficient (Wildman–Crippen LogP) is 2.54. The molecule has 0 spiro atoms. The first kappa shape index (κ1) is 14.3. The van der Waals surface area contributed by atoms with E-state index in [4.69, 9.17) is 10.5 Å². The lowest BCUT2D eigenvalue weighted by Gasteiger charge is -2.28. The summed E-state index contributed by atoms with van der Waals surface area (Å²) in [5.41, 5.74) is 3.62. The van der Waals surface area contributed by atoms with E-state index in [0.717, 1.165) is 36.6 Å². The fraction of sp³-hybridized carbons (Fsp3) is 0.312. The Morgan fingerprint density at radius 3 is 3.00 bits per heavy atom. The summed E-state index contributed by atoms with van der Waals surface area (Å²) in [6, 6.07) is 10.2. The van der Waals surface area contributed by atoms with E-state index in [-0.39, 0.29) is 6.61 Å². The van der Waals surface area contributed by atoms with Crippen LogP contribution in [0.25, 0.3) is 0 Å². The summed E-state index contributed by atoms with van der Waals surface area (Å²) in [6.45, 7) is 2.81. The minimum absolute atomic E-state index is 0.205. The van der Waals surface area contributed by atoms with Gasteiger partial charge in [0.05, 0.1) is 11.5 Å². The molecule has 0 amide bonds. The van der Waals surface area contributed by atoms with Crippen LogP contribution in [0.5, 0.6) is 0 Å². The Morgan fingerprint density at radius 1 is 1.33 bits per heavy atom. The number of anilines is 1. The number of rotatable bonds is 4. The smallest absolute Gasteiger partial charge is 0.140 e. The second-order valence-electron chi connectivity index (χ2n) is 5.21. The number of thiophene rings is 1. The standard InChI is InChI=1S/C16H19N3OS/c17-16(15-2-1-9-21-15)18-14-4-3-12-5-6-19(7-8-20)11-13(12)10-14/h1-4,9-10,20H,5-8,11H2,(H2,17,18). The van der Waals surface area contributed by atoms with E-state index in [2.05, 4.69) is 22.3 Å². The number of hydrogen-bond acceptors (Lipinski definition) is 4. The molecule has 0 radical (unpaired) electrons. The third-order valence-corrected chi connectivity index (χ3v) is 4.64.